The van der Waals surface area contributed by atoms with Crippen molar-refractivity contribution >= 4 is 28.2 Å². The van der Waals surface area contributed by atoms with Gasteiger partial charge in [-0.2, -0.15) is 0 Å². The number of nitrogens with zero attached hydrogens (tertiary/aromatic N) is 2. The van der Waals surface area contributed by atoms with Gasteiger partial charge >= 0.3 is 0 Å². The van der Waals surface area contributed by atoms with Crippen LogP contribution in [0.1, 0.15) is 0 Å². The number of pyridine rings is 1. The number of rotatable bonds is 1. The molecule has 0 atom stereocenters. The van der Waals surface area contributed by atoms with E-state index >= 15 is 0 Å². The molecule has 2 rings (SSSR count). The van der Waals surface area contributed by atoms with E-state index in [9.17, 15) is 10.1 Å². The Morgan fingerprint density at radius 1 is 1.43 bits per heavy atom. The Bertz CT molecular complexity index is 513. The largest absolute Gasteiger partial charge is 0.280 e. The van der Waals surface area contributed by atoms with E-state index < -0.39 is 4.92 Å². The summed E-state index contributed by atoms with van der Waals surface area (Å²) in [6, 6.07) is 6.23. The number of aromatic nitrogens is 1. The van der Waals surface area contributed by atoms with Crippen LogP contribution in [-0.4, -0.2) is 9.91 Å². The summed E-state index contributed by atoms with van der Waals surface area (Å²) in [7, 11) is 0. The number of nitro groups is 1. The van der Waals surface area contributed by atoms with Crippen LogP contribution >= 0.6 is 11.6 Å². The first kappa shape index (κ1) is 8.90. The van der Waals surface area contributed by atoms with Crippen molar-refractivity contribution in [3.63, 3.8) is 0 Å². The number of hydrogen-bond donors (Lipinski definition) is 0. The average molecular weight is 209 g/mol. The van der Waals surface area contributed by atoms with Crippen LogP contribution < -0.4 is 0 Å². The number of hydrogen-bond acceptors (Lipinski definition) is 3. The monoisotopic (exact) mass is 208 g/mol. The average Bonchev–Trinajstić information content (AvgIpc) is 2.16. The third kappa shape index (κ3) is 1.40. The summed E-state index contributed by atoms with van der Waals surface area (Å²) in [5.74, 6) is 0. The van der Waals surface area contributed by atoms with Gasteiger partial charge in [0.2, 0.25) is 0 Å². The maximum atomic E-state index is 10.7. The third-order valence-electron chi connectivity index (χ3n) is 1.86. The molecule has 0 spiro atoms. The molecule has 0 radical (unpaired) electrons. The Morgan fingerprint density at radius 2 is 2.21 bits per heavy atom. The first-order valence-corrected chi connectivity index (χ1v) is 4.25. The lowest BCUT2D eigenvalue weighted by Crippen LogP contribution is -1.90. The van der Waals surface area contributed by atoms with Crippen LogP contribution in [-0.2, 0) is 0 Å². The summed E-state index contributed by atoms with van der Waals surface area (Å²) in [5, 5.41) is 11.5. The van der Waals surface area contributed by atoms with Gasteiger partial charge in [0.25, 0.3) is 5.69 Å². The van der Waals surface area contributed by atoms with Gasteiger partial charge < -0.3 is 0 Å². The highest BCUT2D eigenvalue weighted by Crippen LogP contribution is 2.27. The van der Waals surface area contributed by atoms with E-state index in [1.807, 2.05) is 0 Å². The molecule has 0 aliphatic heterocycles. The first-order chi connectivity index (χ1) is 6.68. The van der Waals surface area contributed by atoms with Crippen LogP contribution in [0.3, 0.4) is 0 Å². The smallest absolute Gasteiger partial charge is 0.258 e. The first-order valence-electron chi connectivity index (χ1n) is 3.87. The highest BCUT2D eigenvalue weighted by Gasteiger charge is 2.12. The van der Waals surface area contributed by atoms with Crippen LogP contribution in [0.5, 0.6) is 0 Å². The molecule has 0 saturated carbocycles. The molecule has 5 heteroatoms. The van der Waals surface area contributed by atoms with E-state index in [4.69, 9.17) is 11.6 Å². The Morgan fingerprint density at radius 3 is 2.93 bits per heavy atom. The van der Waals surface area contributed by atoms with Gasteiger partial charge in [-0.1, -0.05) is 11.6 Å². The molecule has 0 amide bonds. The summed E-state index contributed by atoms with van der Waals surface area (Å²) in [6.07, 6.45) is 1.57. The molecule has 0 saturated heterocycles. The molecular formula is C9H5ClN2O2. The molecule has 0 fully saturated rings. The van der Waals surface area contributed by atoms with E-state index in [-0.39, 0.29) is 5.69 Å². The molecular weight excluding hydrogens is 204 g/mol. The normalized spacial score (nSPS) is 10.4. The molecule has 1 heterocycles. The Kier molecular flexibility index (Phi) is 2.05. The Labute approximate surface area is 84.3 Å². The second-order valence-corrected chi connectivity index (χ2v) is 3.19. The highest BCUT2D eigenvalue weighted by atomic mass is 35.5. The third-order valence-corrected chi connectivity index (χ3v) is 2.08. The minimum atomic E-state index is -0.462. The molecule has 1 aromatic carbocycles. The predicted octanol–water partition coefficient (Wildman–Crippen LogP) is 2.80. The Balaban J connectivity index is 2.87. The van der Waals surface area contributed by atoms with Crippen molar-refractivity contribution in [2.45, 2.75) is 0 Å². The highest BCUT2D eigenvalue weighted by molar-refractivity contribution is 6.31. The molecule has 0 aliphatic carbocycles. The predicted molar refractivity (Wildman–Crippen MR) is 53.4 cm³/mol. The van der Waals surface area contributed by atoms with Gasteiger partial charge in [0.1, 0.15) is 0 Å². The van der Waals surface area contributed by atoms with Gasteiger partial charge in [-0.15, -0.1) is 0 Å². The fourth-order valence-corrected chi connectivity index (χ4v) is 1.49. The quantitative estimate of drug-likeness (QED) is 0.535. The molecule has 0 bridgehead atoms. The van der Waals surface area contributed by atoms with Crippen LogP contribution in [0.25, 0.3) is 10.9 Å². The SMILES string of the molecule is O=[N+]([O-])c1cc(Cl)cc2ncccc12. The van der Waals surface area contributed by atoms with Gasteiger partial charge in [-0.05, 0) is 18.2 Å². The molecule has 14 heavy (non-hydrogen) atoms. The number of nitro benzene ring substituents is 1. The molecule has 0 unspecified atom stereocenters. The van der Waals surface area contributed by atoms with Gasteiger partial charge in [0.15, 0.2) is 0 Å². The van der Waals surface area contributed by atoms with Crippen molar-refractivity contribution in [3.8, 4) is 0 Å². The van der Waals surface area contributed by atoms with Crippen molar-refractivity contribution in [2.75, 3.05) is 0 Å². The zero-order chi connectivity index (χ0) is 10.1. The number of benzene rings is 1. The lowest BCUT2D eigenvalue weighted by Gasteiger charge is -1.98. The van der Waals surface area contributed by atoms with Crippen LogP contribution in [0, 0.1) is 10.1 Å². The summed E-state index contributed by atoms with van der Waals surface area (Å²) in [6.45, 7) is 0. The summed E-state index contributed by atoms with van der Waals surface area (Å²) < 4.78 is 0. The van der Waals surface area contributed by atoms with Crippen LogP contribution in [0.2, 0.25) is 5.02 Å². The van der Waals surface area contributed by atoms with E-state index in [0.717, 1.165) is 0 Å². The minimum Gasteiger partial charge on any atom is -0.258 e. The standard InChI is InChI=1S/C9H5ClN2O2/c10-6-4-8-7(2-1-3-11-8)9(5-6)12(13)14/h1-5H. The van der Waals surface area contributed by atoms with Crippen molar-refractivity contribution in [2.24, 2.45) is 0 Å². The topological polar surface area (TPSA) is 56.0 Å². The lowest BCUT2D eigenvalue weighted by atomic mass is 10.2. The van der Waals surface area contributed by atoms with Crippen LogP contribution in [0.15, 0.2) is 30.5 Å². The molecule has 0 aliphatic rings. The van der Waals surface area contributed by atoms with E-state index in [1.54, 1.807) is 24.4 Å². The summed E-state index contributed by atoms with van der Waals surface area (Å²) in [5.41, 5.74) is 0.521. The van der Waals surface area contributed by atoms with Crippen LogP contribution in [0.4, 0.5) is 5.69 Å². The second-order valence-electron chi connectivity index (χ2n) is 2.75. The van der Waals surface area contributed by atoms with Crippen molar-refractivity contribution in [3.05, 3.63) is 45.6 Å². The zero-order valence-corrected chi connectivity index (χ0v) is 7.73. The minimum absolute atomic E-state index is 0.0133. The maximum Gasteiger partial charge on any atom is 0.280 e. The molecule has 2 aromatic rings. The number of fused-ring (bicyclic) bond motifs is 1. The van der Waals surface area contributed by atoms with Gasteiger partial charge in [0.05, 0.1) is 15.8 Å². The lowest BCUT2D eigenvalue weighted by molar-refractivity contribution is -0.383. The van der Waals surface area contributed by atoms with Gasteiger partial charge in [-0.25, -0.2) is 0 Å². The summed E-state index contributed by atoms with van der Waals surface area (Å²) >= 11 is 5.72. The summed E-state index contributed by atoms with van der Waals surface area (Å²) in [4.78, 5) is 14.2. The second kappa shape index (κ2) is 3.23. The zero-order valence-electron chi connectivity index (χ0n) is 6.98. The molecule has 70 valence electrons. The fourth-order valence-electron chi connectivity index (χ4n) is 1.28. The van der Waals surface area contributed by atoms with Gasteiger partial charge in [-0.3, -0.25) is 15.1 Å². The van der Waals surface area contributed by atoms with E-state index in [2.05, 4.69) is 4.98 Å². The van der Waals surface area contributed by atoms with E-state index in [0.29, 0.717) is 15.9 Å². The Hall–Kier alpha value is -1.68. The van der Waals surface area contributed by atoms with E-state index in [1.165, 1.54) is 6.07 Å². The maximum absolute atomic E-state index is 10.7. The van der Waals surface area contributed by atoms with Gasteiger partial charge in [0, 0.05) is 17.3 Å². The molecule has 0 N–H and O–H groups in total. The fraction of sp³-hybridized carbons (Fsp3) is 0. The van der Waals surface area contributed by atoms with Crippen molar-refractivity contribution in [1.82, 2.24) is 4.98 Å². The number of non-ortho nitro benzene ring substituents is 1. The van der Waals surface area contributed by atoms with Crippen molar-refractivity contribution in [1.29, 1.82) is 0 Å². The van der Waals surface area contributed by atoms with Crippen molar-refractivity contribution < 1.29 is 4.92 Å². The number of halogens is 1. The molecule has 1 aromatic heterocycles. The molecule has 4 nitrogen and oxygen atoms in total.